The van der Waals surface area contributed by atoms with Crippen molar-refractivity contribution in [3.05, 3.63) is 34.3 Å². The van der Waals surface area contributed by atoms with E-state index in [1.165, 1.54) is 5.56 Å². The highest BCUT2D eigenvalue weighted by molar-refractivity contribution is 9.10. The van der Waals surface area contributed by atoms with Gasteiger partial charge in [-0.1, -0.05) is 35.0 Å². The molecule has 2 atom stereocenters. The third-order valence-electron chi connectivity index (χ3n) is 3.30. The number of rotatable bonds is 5. The van der Waals surface area contributed by atoms with Crippen LogP contribution in [0, 0.1) is 0 Å². The molecule has 0 radical (unpaired) electrons. The van der Waals surface area contributed by atoms with Crippen molar-refractivity contribution in [1.29, 1.82) is 0 Å². The molecule has 0 heterocycles. The number of methoxy groups -OCH3 is 1. The maximum atomic E-state index is 6.22. The lowest BCUT2D eigenvalue weighted by Crippen LogP contribution is -2.48. The second-order valence-electron chi connectivity index (χ2n) is 4.31. The summed E-state index contributed by atoms with van der Waals surface area (Å²) >= 11 is 3.46. The smallest absolute Gasteiger partial charge is 0.0801 e. The zero-order valence-electron chi connectivity index (χ0n) is 10.2. The van der Waals surface area contributed by atoms with Gasteiger partial charge in [0.25, 0.3) is 0 Å². The molecule has 0 aliphatic rings. The molecule has 0 spiro atoms. The molecule has 16 heavy (non-hydrogen) atoms. The third-order valence-corrected chi connectivity index (χ3v) is 3.79. The molecule has 0 saturated heterocycles. The summed E-state index contributed by atoms with van der Waals surface area (Å²) in [6, 6.07) is 8.26. The van der Waals surface area contributed by atoms with E-state index in [4.69, 9.17) is 10.5 Å². The molecular formula is C13H20BrNO. The van der Waals surface area contributed by atoms with Gasteiger partial charge in [0, 0.05) is 17.6 Å². The molecule has 0 bridgehead atoms. The highest BCUT2D eigenvalue weighted by Gasteiger charge is 2.29. The normalized spacial score (nSPS) is 16.8. The van der Waals surface area contributed by atoms with E-state index >= 15 is 0 Å². The van der Waals surface area contributed by atoms with E-state index < -0.39 is 0 Å². The van der Waals surface area contributed by atoms with Gasteiger partial charge < -0.3 is 10.5 Å². The Balaban J connectivity index is 2.74. The molecule has 0 aliphatic heterocycles. The van der Waals surface area contributed by atoms with E-state index in [-0.39, 0.29) is 11.6 Å². The molecule has 0 fully saturated rings. The summed E-state index contributed by atoms with van der Waals surface area (Å²) in [5.74, 6) is 0. The Labute approximate surface area is 106 Å². The fraction of sp³-hybridized carbons (Fsp3) is 0.538. The van der Waals surface area contributed by atoms with E-state index in [9.17, 15) is 0 Å². The molecular weight excluding hydrogens is 266 g/mol. The maximum absolute atomic E-state index is 6.22. The summed E-state index contributed by atoms with van der Waals surface area (Å²) in [5, 5.41) is 0. The van der Waals surface area contributed by atoms with Crippen LogP contribution in [0.2, 0.25) is 0 Å². The maximum Gasteiger partial charge on any atom is 0.0801 e. The molecule has 0 saturated carbocycles. The minimum absolute atomic E-state index is 0.0109. The Bertz CT molecular complexity index is 336. The van der Waals surface area contributed by atoms with Crippen LogP contribution in [0.1, 0.15) is 25.8 Å². The van der Waals surface area contributed by atoms with Crippen LogP contribution < -0.4 is 5.73 Å². The second kappa shape index (κ2) is 5.80. The van der Waals surface area contributed by atoms with Crippen LogP contribution >= 0.6 is 15.9 Å². The van der Waals surface area contributed by atoms with Crippen LogP contribution in [0.4, 0.5) is 0 Å². The molecule has 90 valence electrons. The van der Waals surface area contributed by atoms with E-state index in [1.807, 2.05) is 12.1 Å². The zero-order chi connectivity index (χ0) is 12.2. The number of benzene rings is 1. The van der Waals surface area contributed by atoms with Crippen molar-refractivity contribution in [3.8, 4) is 0 Å². The topological polar surface area (TPSA) is 35.2 Å². The van der Waals surface area contributed by atoms with Gasteiger partial charge in [0.05, 0.1) is 5.60 Å². The van der Waals surface area contributed by atoms with Gasteiger partial charge in [-0.25, -0.2) is 0 Å². The van der Waals surface area contributed by atoms with Crippen LogP contribution in [-0.4, -0.2) is 18.8 Å². The monoisotopic (exact) mass is 285 g/mol. The summed E-state index contributed by atoms with van der Waals surface area (Å²) in [6.07, 6.45) is 1.75. The highest BCUT2D eigenvalue weighted by atomic mass is 79.9. The fourth-order valence-electron chi connectivity index (χ4n) is 1.69. The van der Waals surface area contributed by atoms with E-state index in [0.29, 0.717) is 0 Å². The van der Waals surface area contributed by atoms with Crippen LogP contribution in [0.5, 0.6) is 0 Å². The lowest BCUT2D eigenvalue weighted by Gasteiger charge is -2.33. The Kier molecular flexibility index (Phi) is 4.96. The summed E-state index contributed by atoms with van der Waals surface area (Å²) in [4.78, 5) is 0. The Morgan fingerprint density at radius 2 is 2.19 bits per heavy atom. The minimum atomic E-state index is -0.248. The van der Waals surface area contributed by atoms with Gasteiger partial charge in [-0.3, -0.25) is 0 Å². The summed E-state index contributed by atoms with van der Waals surface area (Å²) < 4.78 is 6.61. The number of hydrogen-bond donors (Lipinski definition) is 1. The predicted molar refractivity (Wildman–Crippen MR) is 71.5 cm³/mol. The largest absolute Gasteiger partial charge is 0.377 e. The lowest BCUT2D eigenvalue weighted by atomic mass is 9.89. The highest BCUT2D eigenvalue weighted by Crippen LogP contribution is 2.21. The molecule has 1 rings (SSSR count). The van der Waals surface area contributed by atoms with Crippen molar-refractivity contribution in [2.45, 2.75) is 38.3 Å². The van der Waals surface area contributed by atoms with Crippen molar-refractivity contribution in [1.82, 2.24) is 0 Å². The fourth-order valence-corrected chi connectivity index (χ4v) is 2.14. The average molecular weight is 286 g/mol. The van der Waals surface area contributed by atoms with Crippen molar-refractivity contribution in [2.24, 2.45) is 5.73 Å². The molecule has 2 nitrogen and oxygen atoms in total. The molecule has 0 aromatic heterocycles. The molecule has 0 amide bonds. The molecule has 1 aromatic rings. The summed E-state index contributed by atoms with van der Waals surface area (Å²) in [7, 11) is 1.73. The Hall–Kier alpha value is -0.380. The number of hydrogen-bond acceptors (Lipinski definition) is 2. The predicted octanol–water partition coefficient (Wildman–Crippen LogP) is 3.13. The van der Waals surface area contributed by atoms with Crippen LogP contribution in [0.25, 0.3) is 0 Å². The first kappa shape index (κ1) is 13.7. The molecule has 1 aromatic carbocycles. The minimum Gasteiger partial charge on any atom is -0.377 e. The number of halogens is 1. The quantitative estimate of drug-likeness (QED) is 0.902. The Morgan fingerprint density at radius 3 is 2.69 bits per heavy atom. The van der Waals surface area contributed by atoms with Gasteiger partial charge >= 0.3 is 0 Å². The molecule has 3 heteroatoms. The van der Waals surface area contributed by atoms with Crippen LogP contribution in [-0.2, 0) is 11.2 Å². The lowest BCUT2D eigenvalue weighted by molar-refractivity contribution is -0.0184. The molecule has 2 unspecified atom stereocenters. The van der Waals surface area contributed by atoms with Gasteiger partial charge in [0.2, 0.25) is 0 Å². The van der Waals surface area contributed by atoms with E-state index in [1.54, 1.807) is 7.11 Å². The zero-order valence-corrected chi connectivity index (χ0v) is 11.8. The van der Waals surface area contributed by atoms with E-state index in [2.05, 4.69) is 41.9 Å². The summed E-state index contributed by atoms with van der Waals surface area (Å²) in [5.41, 5.74) is 7.20. The van der Waals surface area contributed by atoms with Crippen molar-refractivity contribution < 1.29 is 4.74 Å². The van der Waals surface area contributed by atoms with Gasteiger partial charge in [0.1, 0.15) is 0 Å². The molecule has 2 N–H and O–H groups in total. The van der Waals surface area contributed by atoms with E-state index in [0.717, 1.165) is 17.3 Å². The SMILES string of the molecule is CCC(C)(OC)C(N)Cc1cccc(Br)c1. The first-order valence-electron chi connectivity index (χ1n) is 5.57. The van der Waals surface area contributed by atoms with Gasteiger partial charge in [-0.05, 0) is 37.5 Å². The average Bonchev–Trinajstić information content (AvgIpc) is 2.28. The molecule has 0 aliphatic carbocycles. The first-order valence-corrected chi connectivity index (χ1v) is 6.36. The number of nitrogens with two attached hydrogens (primary N) is 1. The third kappa shape index (κ3) is 3.30. The van der Waals surface area contributed by atoms with Gasteiger partial charge in [-0.15, -0.1) is 0 Å². The standard InChI is InChI=1S/C13H20BrNO/c1-4-13(2,16-3)12(15)9-10-6-5-7-11(14)8-10/h5-8,12H,4,9,15H2,1-3H3. The second-order valence-corrected chi connectivity index (χ2v) is 5.23. The van der Waals surface area contributed by atoms with Crippen LogP contribution in [0.15, 0.2) is 28.7 Å². The van der Waals surface area contributed by atoms with Gasteiger partial charge in [0.15, 0.2) is 0 Å². The van der Waals surface area contributed by atoms with Crippen molar-refractivity contribution >= 4 is 15.9 Å². The van der Waals surface area contributed by atoms with Crippen LogP contribution in [0.3, 0.4) is 0 Å². The summed E-state index contributed by atoms with van der Waals surface area (Å²) in [6.45, 7) is 4.17. The number of ether oxygens (including phenoxy) is 1. The Morgan fingerprint density at radius 1 is 1.50 bits per heavy atom. The first-order chi connectivity index (χ1) is 7.51. The van der Waals surface area contributed by atoms with Crippen molar-refractivity contribution in [2.75, 3.05) is 7.11 Å². The van der Waals surface area contributed by atoms with Gasteiger partial charge in [-0.2, -0.15) is 0 Å². The van der Waals surface area contributed by atoms with Crippen molar-refractivity contribution in [3.63, 3.8) is 0 Å².